The minimum Gasteiger partial charge on any atom is -0.510 e. The van der Waals surface area contributed by atoms with E-state index in [9.17, 15) is 29.1 Å². The summed E-state index contributed by atoms with van der Waals surface area (Å²) in [6, 6.07) is 6.53. The number of carbonyl (C=O) groups is 5. The summed E-state index contributed by atoms with van der Waals surface area (Å²) in [5.41, 5.74) is 0.334. The summed E-state index contributed by atoms with van der Waals surface area (Å²) in [7, 11) is 0. The van der Waals surface area contributed by atoms with Crippen molar-refractivity contribution >= 4 is 41.2 Å². The van der Waals surface area contributed by atoms with Crippen molar-refractivity contribution in [3.63, 3.8) is 0 Å². The van der Waals surface area contributed by atoms with Gasteiger partial charge in [0, 0.05) is 12.6 Å². The maximum absolute atomic E-state index is 12.3. The number of Topliss-reactive ketones (excluding diaryl/α,β-unsaturated/α-hetero) is 1. The Hall–Kier alpha value is -3.55. The Labute approximate surface area is 148 Å². The van der Waals surface area contributed by atoms with E-state index in [0.29, 0.717) is 11.3 Å². The number of anilines is 1. The number of rotatable bonds is 5. The molecule has 0 aromatic heterocycles. The Bertz CT molecular complexity index is 879. The van der Waals surface area contributed by atoms with Crippen molar-refractivity contribution in [3.8, 4) is 0 Å². The normalized spacial score (nSPS) is 17.2. The predicted molar refractivity (Wildman–Crippen MR) is 89.7 cm³/mol. The van der Waals surface area contributed by atoms with Crippen molar-refractivity contribution in [2.24, 2.45) is 5.92 Å². The van der Waals surface area contributed by atoms with Crippen molar-refractivity contribution < 1.29 is 33.8 Å². The number of ether oxygens (including phenoxy) is 1. The zero-order valence-corrected chi connectivity index (χ0v) is 13.9. The first-order valence-electron chi connectivity index (χ1n) is 7.50. The van der Waals surface area contributed by atoms with Crippen molar-refractivity contribution in [3.05, 3.63) is 47.2 Å². The number of aliphatic hydroxyl groups excluding tert-OH is 1. The molecule has 1 unspecified atom stereocenters. The van der Waals surface area contributed by atoms with Gasteiger partial charge in [0.25, 0.3) is 0 Å². The molecule has 0 saturated carbocycles. The molecule has 1 atom stereocenters. The van der Waals surface area contributed by atoms with Crippen LogP contribution >= 0.6 is 0 Å². The van der Waals surface area contributed by atoms with E-state index in [-0.39, 0.29) is 5.91 Å². The molecule has 1 aromatic rings. The van der Waals surface area contributed by atoms with E-state index in [2.05, 4.69) is 10.1 Å². The molecule has 2 N–H and O–H groups in total. The second-order valence-corrected chi connectivity index (χ2v) is 5.50. The molecule has 0 fully saturated rings. The van der Waals surface area contributed by atoms with Gasteiger partial charge >= 0.3 is 11.9 Å². The third kappa shape index (κ3) is 4.10. The van der Waals surface area contributed by atoms with Gasteiger partial charge in [0.2, 0.25) is 5.91 Å². The lowest BCUT2D eigenvalue weighted by Gasteiger charge is -2.19. The fraction of sp³-hybridized carbons (Fsp3) is 0.167. The fourth-order valence-electron chi connectivity index (χ4n) is 2.33. The second kappa shape index (κ2) is 7.56. The van der Waals surface area contributed by atoms with Crippen LogP contribution in [0.4, 0.5) is 5.69 Å². The summed E-state index contributed by atoms with van der Waals surface area (Å²) < 4.78 is 4.36. The van der Waals surface area contributed by atoms with Crippen LogP contribution in [0.3, 0.4) is 0 Å². The highest BCUT2D eigenvalue weighted by atomic mass is 16.6. The van der Waals surface area contributed by atoms with Crippen LogP contribution in [-0.4, -0.2) is 34.5 Å². The minimum atomic E-state index is -1.78. The molecule has 1 aromatic carbocycles. The number of cyclic esters (lactones) is 2. The predicted octanol–water partition coefficient (Wildman–Crippen LogP) is 1.33. The largest absolute Gasteiger partial charge is 0.510 e. The Morgan fingerprint density at radius 1 is 1.19 bits per heavy atom. The zero-order valence-electron chi connectivity index (χ0n) is 13.9. The highest BCUT2D eigenvalue weighted by Gasteiger charge is 2.42. The van der Waals surface area contributed by atoms with Crippen molar-refractivity contribution in [1.82, 2.24) is 0 Å². The fourth-order valence-corrected chi connectivity index (χ4v) is 2.33. The number of allylic oxidation sites excluding steroid dienone is 1. The molecule has 0 saturated heterocycles. The highest BCUT2D eigenvalue weighted by Crippen LogP contribution is 2.24. The quantitative estimate of drug-likeness (QED) is 0.352. The number of carbonyl (C=O) groups excluding carboxylic acids is 5. The molecular formula is C18H15NO7. The Balaban J connectivity index is 2.27. The molecule has 1 aliphatic rings. The number of benzene rings is 1. The maximum atomic E-state index is 12.3. The van der Waals surface area contributed by atoms with E-state index >= 15 is 0 Å². The van der Waals surface area contributed by atoms with Crippen molar-refractivity contribution in [2.75, 3.05) is 5.32 Å². The average Bonchev–Trinajstić information content (AvgIpc) is 2.51. The number of nitrogens with one attached hydrogen (secondary N) is 1. The van der Waals surface area contributed by atoms with E-state index < -0.39 is 40.8 Å². The lowest BCUT2D eigenvalue weighted by molar-refractivity contribution is -0.163. The second-order valence-electron chi connectivity index (χ2n) is 5.50. The van der Waals surface area contributed by atoms with Crippen LogP contribution in [0.25, 0.3) is 6.08 Å². The summed E-state index contributed by atoms with van der Waals surface area (Å²) in [5.74, 6) is -7.16. The Morgan fingerprint density at radius 2 is 1.88 bits per heavy atom. The number of ketones is 2. The first-order chi connectivity index (χ1) is 12.2. The molecule has 26 heavy (non-hydrogen) atoms. The molecule has 0 radical (unpaired) electrons. The number of esters is 2. The van der Waals surface area contributed by atoms with Gasteiger partial charge in [0.05, 0.1) is 0 Å². The van der Waals surface area contributed by atoms with Crippen LogP contribution < -0.4 is 5.32 Å². The van der Waals surface area contributed by atoms with E-state index in [1.165, 1.54) is 13.0 Å². The molecule has 2 rings (SSSR count). The van der Waals surface area contributed by atoms with E-state index in [1.807, 2.05) is 0 Å². The Kier molecular flexibility index (Phi) is 5.46. The van der Waals surface area contributed by atoms with Crippen LogP contribution in [0, 0.1) is 5.92 Å². The smallest absolute Gasteiger partial charge is 0.352 e. The molecule has 134 valence electrons. The van der Waals surface area contributed by atoms with Gasteiger partial charge in [-0.2, -0.15) is 0 Å². The third-order valence-electron chi connectivity index (χ3n) is 3.45. The lowest BCUT2D eigenvalue weighted by atomic mass is 9.93. The SMILES string of the molecule is CC(=O)Nc1cccc(/C=C/C(=O)C2C(=O)OC(=O)C(C(C)=O)=C2O)c1. The van der Waals surface area contributed by atoms with Crippen LogP contribution in [0.2, 0.25) is 0 Å². The monoisotopic (exact) mass is 357 g/mol. The number of amides is 1. The summed E-state index contributed by atoms with van der Waals surface area (Å²) in [4.78, 5) is 58.0. The number of hydrogen-bond donors (Lipinski definition) is 2. The molecule has 0 spiro atoms. The van der Waals surface area contributed by atoms with Gasteiger partial charge in [-0.15, -0.1) is 0 Å². The first kappa shape index (κ1) is 18.8. The van der Waals surface area contributed by atoms with Crippen molar-refractivity contribution in [1.29, 1.82) is 0 Å². The van der Waals surface area contributed by atoms with Gasteiger partial charge in [-0.05, 0) is 30.7 Å². The van der Waals surface area contributed by atoms with Gasteiger partial charge in [-0.25, -0.2) is 4.79 Å². The number of hydrogen-bond acceptors (Lipinski definition) is 7. The molecular weight excluding hydrogens is 342 g/mol. The summed E-state index contributed by atoms with van der Waals surface area (Å²) in [5, 5.41) is 12.6. The molecule has 0 aliphatic carbocycles. The minimum absolute atomic E-state index is 0.261. The van der Waals surface area contributed by atoms with Crippen LogP contribution in [0.15, 0.2) is 41.7 Å². The van der Waals surface area contributed by atoms with Gasteiger partial charge in [0.15, 0.2) is 17.5 Å². The van der Waals surface area contributed by atoms with Crippen LogP contribution in [0.5, 0.6) is 0 Å². The molecule has 1 heterocycles. The van der Waals surface area contributed by atoms with Crippen LogP contribution in [0.1, 0.15) is 19.4 Å². The van der Waals surface area contributed by atoms with E-state index in [0.717, 1.165) is 13.0 Å². The molecule has 8 heteroatoms. The molecule has 1 aliphatic heterocycles. The summed E-state index contributed by atoms with van der Waals surface area (Å²) >= 11 is 0. The average molecular weight is 357 g/mol. The van der Waals surface area contributed by atoms with Crippen molar-refractivity contribution in [2.45, 2.75) is 13.8 Å². The third-order valence-corrected chi connectivity index (χ3v) is 3.45. The standard InChI is InChI=1S/C18H15NO7/c1-9(20)14-16(23)15(18(25)26-17(14)24)13(22)7-6-11-4-3-5-12(8-11)19-10(2)21/h3-8,15,23H,1-2H3,(H,19,21)/b7-6+. The topological polar surface area (TPSA) is 127 Å². The van der Waals surface area contributed by atoms with E-state index in [1.54, 1.807) is 24.3 Å². The summed E-state index contributed by atoms with van der Waals surface area (Å²) in [6.07, 6.45) is 2.38. The highest BCUT2D eigenvalue weighted by molar-refractivity contribution is 6.24. The molecule has 1 amide bonds. The first-order valence-corrected chi connectivity index (χ1v) is 7.50. The summed E-state index contributed by atoms with van der Waals surface area (Å²) in [6.45, 7) is 2.36. The number of aliphatic hydroxyl groups is 1. The molecule has 0 bridgehead atoms. The van der Waals surface area contributed by atoms with Gasteiger partial charge in [0.1, 0.15) is 11.3 Å². The lowest BCUT2D eigenvalue weighted by Crippen LogP contribution is -2.37. The van der Waals surface area contributed by atoms with Crippen LogP contribution in [-0.2, 0) is 28.7 Å². The van der Waals surface area contributed by atoms with E-state index in [4.69, 9.17) is 0 Å². The Morgan fingerprint density at radius 3 is 2.50 bits per heavy atom. The van der Waals surface area contributed by atoms with Gasteiger partial charge < -0.3 is 15.2 Å². The zero-order chi connectivity index (χ0) is 19.4. The molecule has 8 nitrogen and oxygen atoms in total. The van der Waals surface area contributed by atoms with Gasteiger partial charge in [-0.1, -0.05) is 18.2 Å². The van der Waals surface area contributed by atoms with Gasteiger partial charge in [-0.3, -0.25) is 19.2 Å². The maximum Gasteiger partial charge on any atom is 0.352 e.